The molecule has 0 radical (unpaired) electrons. The number of benzene rings is 3. The number of carboxylic acids is 1. The fourth-order valence-electron chi connectivity index (χ4n) is 6.94. The van der Waals surface area contributed by atoms with E-state index in [0.29, 0.717) is 49.0 Å². The second-order valence-electron chi connectivity index (χ2n) is 14.6. The summed E-state index contributed by atoms with van der Waals surface area (Å²) >= 11 is 6.54. The van der Waals surface area contributed by atoms with Crippen LogP contribution in [0.25, 0.3) is 5.57 Å². The molecule has 52 heavy (non-hydrogen) atoms. The van der Waals surface area contributed by atoms with E-state index in [4.69, 9.17) is 16.3 Å². The minimum atomic E-state index is -1.35. The van der Waals surface area contributed by atoms with E-state index in [9.17, 15) is 32.7 Å². The summed E-state index contributed by atoms with van der Waals surface area (Å²) in [6.07, 6.45) is 3.56. The summed E-state index contributed by atoms with van der Waals surface area (Å²) in [4.78, 5) is 43.5. The number of halogens is 4. The highest BCUT2D eigenvalue weighted by atomic mass is 35.5. The van der Waals surface area contributed by atoms with Crippen LogP contribution in [0.4, 0.5) is 13.2 Å². The van der Waals surface area contributed by atoms with Gasteiger partial charge < -0.3 is 25.0 Å². The summed E-state index contributed by atoms with van der Waals surface area (Å²) in [5, 5.41) is 13.8. The van der Waals surface area contributed by atoms with Crippen molar-refractivity contribution >= 4 is 35.0 Å². The maximum absolute atomic E-state index is 14.7. The second-order valence-corrected chi connectivity index (χ2v) is 15.0. The van der Waals surface area contributed by atoms with Crippen molar-refractivity contribution in [2.24, 2.45) is 5.41 Å². The zero-order valence-electron chi connectivity index (χ0n) is 29.3. The van der Waals surface area contributed by atoms with Gasteiger partial charge in [-0.15, -0.1) is 0 Å². The Bertz CT molecular complexity index is 1860. The van der Waals surface area contributed by atoms with Gasteiger partial charge in [0.05, 0.1) is 18.1 Å². The number of nitrogens with one attached hydrogen (secondary N) is 1. The third-order valence-electron chi connectivity index (χ3n) is 10.2. The van der Waals surface area contributed by atoms with Crippen LogP contribution in [0.1, 0.15) is 69.1 Å². The number of carbonyl (C=O) groups is 3. The molecular weight excluding hydrogens is 695 g/mol. The number of aryl methyl sites for hydroxylation is 1. The molecule has 3 aromatic rings. The number of aliphatic carboxylic acids is 1. The lowest BCUT2D eigenvalue weighted by molar-refractivity contribution is -0.148. The first-order valence-corrected chi connectivity index (χ1v) is 18.1. The molecule has 1 aliphatic carbocycles. The van der Waals surface area contributed by atoms with Crippen LogP contribution in [-0.2, 0) is 27.3 Å². The van der Waals surface area contributed by atoms with Gasteiger partial charge in [-0.1, -0.05) is 54.1 Å². The fraction of sp³-hybridized carbons (Fsp3) is 0.425. The number of carbonyl (C=O) groups excluding carboxylic acids is 2. The zero-order valence-corrected chi connectivity index (χ0v) is 30.0. The molecule has 2 amide bonds. The molecular formula is C40H43ClF3N3O5. The number of rotatable bonds is 14. The molecule has 2 bridgehead atoms. The Morgan fingerprint density at radius 3 is 2.40 bits per heavy atom. The maximum atomic E-state index is 14.7. The third kappa shape index (κ3) is 8.47. The Morgan fingerprint density at radius 2 is 1.71 bits per heavy atom. The van der Waals surface area contributed by atoms with Crippen molar-refractivity contribution in [2.45, 2.75) is 83.5 Å². The molecule has 2 fully saturated rings. The van der Waals surface area contributed by atoms with Crippen LogP contribution < -0.4 is 10.1 Å². The summed E-state index contributed by atoms with van der Waals surface area (Å²) in [6, 6.07) is 16.4. The molecule has 0 spiro atoms. The quantitative estimate of drug-likeness (QED) is 0.134. The second kappa shape index (κ2) is 15.7. The van der Waals surface area contributed by atoms with E-state index in [-0.39, 0.29) is 49.9 Å². The van der Waals surface area contributed by atoms with E-state index in [1.54, 1.807) is 18.7 Å². The van der Waals surface area contributed by atoms with Gasteiger partial charge in [-0.05, 0) is 92.8 Å². The number of nitrogens with zero attached hydrogens (tertiary/aromatic N) is 2. The molecule has 6 rings (SSSR count). The van der Waals surface area contributed by atoms with Crippen molar-refractivity contribution in [3.05, 3.63) is 105 Å². The van der Waals surface area contributed by atoms with Crippen molar-refractivity contribution in [3.63, 3.8) is 0 Å². The Hall–Kier alpha value is -4.35. The van der Waals surface area contributed by atoms with E-state index in [1.807, 2.05) is 53.4 Å². The van der Waals surface area contributed by atoms with Crippen molar-refractivity contribution in [1.29, 1.82) is 0 Å². The summed E-state index contributed by atoms with van der Waals surface area (Å²) in [7, 11) is 0. The summed E-state index contributed by atoms with van der Waals surface area (Å²) in [6.45, 7) is 4.28. The van der Waals surface area contributed by atoms with Crippen molar-refractivity contribution in [3.8, 4) is 5.75 Å². The lowest BCUT2D eigenvalue weighted by atomic mass is 9.82. The number of amides is 2. The van der Waals surface area contributed by atoms with Gasteiger partial charge in [0.25, 0.3) is 5.91 Å². The summed E-state index contributed by atoms with van der Waals surface area (Å²) in [5.41, 5.74) is 3.18. The molecule has 8 nitrogen and oxygen atoms in total. The number of ether oxygens (including phenoxy) is 1. The Kier molecular flexibility index (Phi) is 11.3. The molecule has 2 atom stereocenters. The molecule has 3 aliphatic rings. The van der Waals surface area contributed by atoms with Gasteiger partial charge in [0.15, 0.2) is 17.4 Å². The average molecular weight is 738 g/mol. The van der Waals surface area contributed by atoms with E-state index in [0.717, 1.165) is 41.2 Å². The summed E-state index contributed by atoms with van der Waals surface area (Å²) < 4.78 is 46.7. The first-order chi connectivity index (χ1) is 24.8. The Morgan fingerprint density at radius 1 is 1.00 bits per heavy atom. The Labute approximate surface area is 306 Å². The van der Waals surface area contributed by atoms with Gasteiger partial charge in [-0.3, -0.25) is 14.4 Å². The standard InChI is InChI=1S/C40H43ClF3N3O5/c1-40(2,39(50)51)18-17-34(48)46-22-27-20-29(25-11-9-24(10-12-25)6-5-19-52-37-32(43)16-15-31(42)36(37)44)35(33(23-46)45-27)38(49)47(28-13-14-28)21-26-7-3-4-8-30(26)41/h3-4,7-12,15-16,27-28,33,45H,5-6,13-14,17-23H2,1-2H3,(H,50,51)/t27-,33-/m1/s1. The predicted octanol–water partition coefficient (Wildman–Crippen LogP) is 7.18. The maximum Gasteiger partial charge on any atom is 0.309 e. The van der Waals surface area contributed by atoms with Crippen molar-refractivity contribution in [1.82, 2.24) is 15.1 Å². The largest absolute Gasteiger partial charge is 0.488 e. The van der Waals surface area contributed by atoms with E-state index < -0.39 is 40.6 Å². The molecule has 0 unspecified atom stereocenters. The van der Waals surface area contributed by atoms with Gasteiger partial charge in [0.1, 0.15) is 0 Å². The monoisotopic (exact) mass is 737 g/mol. The smallest absolute Gasteiger partial charge is 0.309 e. The van der Waals surface area contributed by atoms with Crippen LogP contribution in [0.5, 0.6) is 5.75 Å². The first kappa shape index (κ1) is 37.4. The Balaban J connectivity index is 1.23. The topological polar surface area (TPSA) is 99.2 Å². The molecule has 12 heteroatoms. The van der Waals surface area contributed by atoms with Crippen LogP contribution in [0.2, 0.25) is 5.02 Å². The number of carboxylic acid groups (broad SMARTS) is 1. The SMILES string of the molecule is CC(C)(CCC(=O)N1C[C@H]2CC(c3ccc(CCCOc4c(F)ccc(F)c4F)cc3)=C(C(=O)N(Cc3ccccc3Cl)C3CC3)[C@@H](C1)N2)C(=O)O. The van der Waals surface area contributed by atoms with Crippen LogP contribution in [0.3, 0.4) is 0 Å². The molecule has 1 saturated carbocycles. The number of piperazine rings is 1. The zero-order chi connectivity index (χ0) is 37.2. The predicted molar refractivity (Wildman–Crippen MR) is 191 cm³/mol. The first-order valence-electron chi connectivity index (χ1n) is 17.7. The number of hydrogen-bond donors (Lipinski definition) is 2. The average Bonchev–Trinajstić information content (AvgIpc) is 3.97. The third-order valence-corrected chi connectivity index (χ3v) is 10.6. The van der Waals surface area contributed by atoms with Crippen LogP contribution in [0.15, 0.2) is 66.2 Å². The minimum Gasteiger partial charge on any atom is -0.488 e. The van der Waals surface area contributed by atoms with E-state index >= 15 is 0 Å². The van der Waals surface area contributed by atoms with Crippen molar-refractivity contribution in [2.75, 3.05) is 19.7 Å². The molecule has 2 heterocycles. The highest BCUT2D eigenvalue weighted by Gasteiger charge is 2.43. The molecule has 3 aromatic carbocycles. The molecule has 276 valence electrons. The van der Waals surface area contributed by atoms with Gasteiger partial charge in [-0.2, -0.15) is 4.39 Å². The van der Waals surface area contributed by atoms with Crippen LogP contribution >= 0.6 is 11.6 Å². The van der Waals surface area contributed by atoms with Gasteiger partial charge in [0, 0.05) is 48.7 Å². The fourth-order valence-corrected chi connectivity index (χ4v) is 7.13. The van der Waals surface area contributed by atoms with E-state index in [2.05, 4.69) is 5.32 Å². The minimum absolute atomic E-state index is 0.0106. The number of hydrogen-bond acceptors (Lipinski definition) is 5. The molecule has 0 aromatic heterocycles. The normalized spacial score (nSPS) is 18.7. The van der Waals surface area contributed by atoms with Crippen molar-refractivity contribution < 1.29 is 37.4 Å². The van der Waals surface area contributed by atoms with E-state index in [1.165, 1.54) is 0 Å². The highest BCUT2D eigenvalue weighted by Crippen LogP contribution is 2.38. The van der Waals surface area contributed by atoms with Crippen LogP contribution in [-0.4, -0.2) is 70.5 Å². The number of fused-ring (bicyclic) bond motifs is 2. The van der Waals surface area contributed by atoms with Gasteiger partial charge in [-0.25, -0.2) is 8.78 Å². The van der Waals surface area contributed by atoms with Crippen LogP contribution in [0, 0.1) is 22.9 Å². The lowest BCUT2D eigenvalue weighted by Crippen LogP contribution is -2.62. The molecule has 1 saturated heterocycles. The van der Waals surface area contributed by atoms with Gasteiger partial charge >= 0.3 is 5.97 Å². The summed E-state index contributed by atoms with van der Waals surface area (Å²) in [5.74, 6) is -5.41. The lowest BCUT2D eigenvalue weighted by Gasteiger charge is -2.45. The van der Waals surface area contributed by atoms with Gasteiger partial charge in [0.2, 0.25) is 11.7 Å². The highest BCUT2D eigenvalue weighted by molar-refractivity contribution is 6.31. The molecule has 2 N–H and O–H groups in total. The molecule has 2 aliphatic heterocycles.